The minimum absolute atomic E-state index is 0.0412. The zero-order chi connectivity index (χ0) is 26.3. The van der Waals surface area contributed by atoms with Gasteiger partial charge in [-0.05, 0) is 59.8 Å². The van der Waals surface area contributed by atoms with Crippen LogP contribution in [-0.4, -0.2) is 16.7 Å². The van der Waals surface area contributed by atoms with E-state index in [0.29, 0.717) is 11.3 Å². The Hall–Kier alpha value is -3.82. The van der Waals surface area contributed by atoms with Crippen molar-refractivity contribution in [3.05, 3.63) is 100 Å². The molecular formula is C29H21F4N3OS. The standard InChI is InChI=1S/C29H21F4N3OS/c30-21-7-8-22(25(14-21)37-16-20-3-1-2-4-24(20)29(31,32)33)27-28-23(10-12-38-28)26(35-36-27)18-5-6-19-15-34-11-9-17(19)13-18/h1-8,10,12-14,34H,9,11,15-16H2. The maximum absolute atomic E-state index is 14.2. The summed E-state index contributed by atoms with van der Waals surface area (Å²) >= 11 is 1.47. The summed E-state index contributed by atoms with van der Waals surface area (Å²) < 4.78 is 61.2. The van der Waals surface area contributed by atoms with Crippen LogP contribution >= 0.6 is 11.3 Å². The van der Waals surface area contributed by atoms with Crippen molar-refractivity contribution < 1.29 is 22.3 Å². The fourth-order valence-corrected chi connectivity index (χ4v) is 5.68. The van der Waals surface area contributed by atoms with E-state index in [1.54, 1.807) is 0 Å². The Labute approximate surface area is 219 Å². The van der Waals surface area contributed by atoms with Crippen molar-refractivity contribution in [1.29, 1.82) is 0 Å². The summed E-state index contributed by atoms with van der Waals surface area (Å²) in [5, 5.41) is 15.3. The molecule has 4 nitrogen and oxygen atoms in total. The van der Waals surface area contributed by atoms with Gasteiger partial charge in [0.2, 0.25) is 0 Å². The molecule has 1 aliphatic rings. The Morgan fingerprint density at radius 2 is 1.76 bits per heavy atom. The molecule has 0 aliphatic carbocycles. The summed E-state index contributed by atoms with van der Waals surface area (Å²) in [6.07, 6.45) is -3.59. The first-order chi connectivity index (χ1) is 18.4. The molecule has 9 heteroatoms. The molecular weight excluding hydrogens is 514 g/mol. The maximum atomic E-state index is 14.2. The van der Waals surface area contributed by atoms with Gasteiger partial charge >= 0.3 is 6.18 Å². The van der Waals surface area contributed by atoms with Crippen LogP contribution in [0, 0.1) is 5.82 Å². The molecule has 192 valence electrons. The van der Waals surface area contributed by atoms with Crippen molar-refractivity contribution in [2.45, 2.75) is 25.7 Å². The van der Waals surface area contributed by atoms with E-state index in [1.807, 2.05) is 17.5 Å². The maximum Gasteiger partial charge on any atom is 0.416 e. The van der Waals surface area contributed by atoms with E-state index < -0.39 is 17.6 Å². The number of benzene rings is 3. The lowest BCUT2D eigenvalue weighted by Gasteiger charge is -2.18. The minimum atomic E-state index is -4.53. The summed E-state index contributed by atoms with van der Waals surface area (Å²) in [7, 11) is 0. The topological polar surface area (TPSA) is 47.0 Å². The first kappa shape index (κ1) is 24.5. The number of rotatable bonds is 5. The highest BCUT2D eigenvalue weighted by atomic mass is 32.1. The third-order valence-electron chi connectivity index (χ3n) is 6.66. The van der Waals surface area contributed by atoms with E-state index in [-0.39, 0.29) is 17.9 Å². The lowest BCUT2D eigenvalue weighted by Crippen LogP contribution is -2.23. The molecule has 2 aromatic heterocycles. The van der Waals surface area contributed by atoms with Crippen LogP contribution in [0.1, 0.15) is 22.3 Å². The molecule has 0 radical (unpaired) electrons. The second-order valence-electron chi connectivity index (χ2n) is 9.05. The third kappa shape index (κ3) is 4.63. The normalized spacial score (nSPS) is 13.5. The molecule has 0 amide bonds. The summed E-state index contributed by atoms with van der Waals surface area (Å²) in [5.41, 5.74) is 4.38. The molecule has 0 spiro atoms. The van der Waals surface area contributed by atoms with Gasteiger partial charge < -0.3 is 10.1 Å². The molecule has 1 aliphatic heterocycles. The van der Waals surface area contributed by atoms with Crippen molar-refractivity contribution in [2.75, 3.05) is 6.54 Å². The average Bonchev–Trinajstić information content (AvgIpc) is 3.41. The van der Waals surface area contributed by atoms with Crippen molar-refractivity contribution >= 4 is 21.4 Å². The number of nitrogens with one attached hydrogen (secondary N) is 1. The molecule has 0 atom stereocenters. The lowest BCUT2D eigenvalue weighted by molar-refractivity contribution is -0.138. The SMILES string of the molecule is Fc1ccc(-c2nnc(-c3ccc4c(c3)CCNC4)c3ccsc23)c(OCc2ccccc2C(F)(F)F)c1. The van der Waals surface area contributed by atoms with Crippen LogP contribution in [0.3, 0.4) is 0 Å². The van der Waals surface area contributed by atoms with E-state index in [4.69, 9.17) is 4.74 Å². The predicted molar refractivity (Wildman–Crippen MR) is 139 cm³/mol. The highest BCUT2D eigenvalue weighted by Gasteiger charge is 2.33. The number of aromatic nitrogens is 2. The molecule has 38 heavy (non-hydrogen) atoms. The number of hydrogen-bond donors (Lipinski definition) is 1. The quantitative estimate of drug-likeness (QED) is 0.238. The van der Waals surface area contributed by atoms with Gasteiger partial charge in [-0.15, -0.1) is 21.5 Å². The van der Waals surface area contributed by atoms with E-state index in [9.17, 15) is 17.6 Å². The minimum Gasteiger partial charge on any atom is -0.488 e. The largest absolute Gasteiger partial charge is 0.488 e. The predicted octanol–water partition coefficient (Wildman–Crippen LogP) is 7.41. The smallest absolute Gasteiger partial charge is 0.416 e. The van der Waals surface area contributed by atoms with Crippen molar-refractivity contribution in [3.8, 4) is 28.3 Å². The highest BCUT2D eigenvalue weighted by molar-refractivity contribution is 7.17. The molecule has 5 aromatic rings. The van der Waals surface area contributed by atoms with Crippen molar-refractivity contribution in [3.63, 3.8) is 0 Å². The summed E-state index contributed by atoms with van der Waals surface area (Å²) in [6, 6.07) is 17.4. The molecule has 0 bridgehead atoms. The zero-order valence-corrected chi connectivity index (χ0v) is 20.8. The molecule has 0 saturated carbocycles. The molecule has 0 saturated heterocycles. The summed E-state index contributed by atoms with van der Waals surface area (Å²) in [4.78, 5) is 0. The van der Waals surface area contributed by atoms with Gasteiger partial charge in [-0.25, -0.2) is 4.39 Å². The van der Waals surface area contributed by atoms with Gasteiger partial charge in [-0.1, -0.05) is 30.3 Å². The first-order valence-corrected chi connectivity index (χ1v) is 12.9. The van der Waals surface area contributed by atoms with Crippen LogP contribution in [0.25, 0.3) is 32.6 Å². The lowest BCUT2D eigenvalue weighted by atomic mass is 9.96. The second kappa shape index (κ2) is 9.81. The first-order valence-electron chi connectivity index (χ1n) is 12.0. The monoisotopic (exact) mass is 535 g/mol. The molecule has 3 heterocycles. The fourth-order valence-electron chi connectivity index (χ4n) is 4.78. The van der Waals surface area contributed by atoms with Crippen LogP contribution in [-0.2, 0) is 25.7 Å². The summed E-state index contributed by atoms with van der Waals surface area (Å²) in [6.45, 7) is 1.39. The van der Waals surface area contributed by atoms with Crippen LogP contribution in [0.15, 0.2) is 72.1 Å². The van der Waals surface area contributed by atoms with Gasteiger partial charge in [0.1, 0.15) is 29.6 Å². The molecule has 6 rings (SSSR count). The fraction of sp³-hybridized carbons (Fsp3) is 0.172. The Morgan fingerprint density at radius 1 is 0.921 bits per heavy atom. The number of ether oxygens (including phenoxy) is 1. The third-order valence-corrected chi connectivity index (χ3v) is 7.58. The highest BCUT2D eigenvalue weighted by Crippen LogP contribution is 2.40. The van der Waals surface area contributed by atoms with Crippen LogP contribution in [0.2, 0.25) is 0 Å². The van der Waals surface area contributed by atoms with Gasteiger partial charge in [0, 0.05) is 34.7 Å². The Balaban J connectivity index is 1.38. The Bertz CT molecular complexity index is 1650. The van der Waals surface area contributed by atoms with E-state index in [1.165, 1.54) is 52.8 Å². The number of halogens is 4. The van der Waals surface area contributed by atoms with E-state index in [2.05, 4.69) is 27.6 Å². The van der Waals surface area contributed by atoms with Crippen molar-refractivity contribution in [1.82, 2.24) is 15.5 Å². The zero-order valence-electron chi connectivity index (χ0n) is 20.0. The van der Waals surface area contributed by atoms with Gasteiger partial charge in [0.25, 0.3) is 0 Å². The van der Waals surface area contributed by atoms with Crippen LogP contribution in [0.4, 0.5) is 17.6 Å². The Morgan fingerprint density at radius 3 is 2.63 bits per heavy atom. The number of hydrogen-bond acceptors (Lipinski definition) is 5. The molecule has 3 aromatic carbocycles. The van der Waals surface area contributed by atoms with Gasteiger partial charge in [0.15, 0.2) is 0 Å². The number of fused-ring (bicyclic) bond motifs is 2. The van der Waals surface area contributed by atoms with Crippen molar-refractivity contribution in [2.24, 2.45) is 0 Å². The van der Waals surface area contributed by atoms with E-state index >= 15 is 0 Å². The second-order valence-corrected chi connectivity index (χ2v) is 9.97. The molecule has 0 unspecified atom stereocenters. The van der Waals surface area contributed by atoms with Crippen LogP contribution in [0.5, 0.6) is 5.75 Å². The average molecular weight is 536 g/mol. The number of nitrogens with zero attached hydrogens (tertiary/aromatic N) is 2. The van der Waals surface area contributed by atoms with E-state index in [0.717, 1.165) is 53.0 Å². The number of alkyl halides is 3. The molecule has 0 fully saturated rings. The van der Waals surface area contributed by atoms with Gasteiger partial charge in [0.05, 0.1) is 10.3 Å². The molecule has 1 N–H and O–H groups in total. The number of thiophene rings is 1. The van der Waals surface area contributed by atoms with Gasteiger partial charge in [-0.3, -0.25) is 0 Å². The summed E-state index contributed by atoms with van der Waals surface area (Å²) in [5.74, 6) is -0.469. The Kier molecular flexibility index (Phi) is 6.33. The van der Waals surface area contributed by atoms with Gasteiger partial charge in [-0.2, -0.15) is 13.2 Å². The van der Waals surface area contributed by atoms with Crippen LogP contribution < -0.4 is 10.1 Å².